The lowest BCUT2D eigenvalue weighted by Gasteiger charge is -2.19. The first-order valence-corrected chi connectivity index (χ1v) is 8.01. The molecule has 3 rings (SSSR count). The zero-order valence-electron chi connectivity index (χ0n) is 12.3. The molecule has 1 saturated heterocycles. The summed E-state index contributed by atoms with van der Waals surface area (Å²) in [5, 5.41) is 9.28. The molecule has 1 aliphatic rings. The molecule has 0 radical (unpaired) electrons. The number of carboxylic acids is 1. The van der Waals surface area contributed by atoms with E-state index in [0.29, 0.717) is 19.5 Å². The van der Waals surface area contributed by atoms with Gasteiger partial charge in [0.15, 0.2) is 0 Å². The number of aliphatic carboxylic acids is 1. The molecule has 0 amide bonds. The van der Waals surface area contributed by atoms with Gasteiger partial charge in [0.1, 0.15) is 5.82 Å². The Morgan fingerprint density at radius 1 is 1.55 bits per heavy atom. The highest BCUT2D eigenvalue weighted by Crippen LogP contribution is 2.31. The number of carbonyl (C=O) groups is 1. The number of hydrogen-bond donors (Lipinski definition) is 2. The van der Waals surface area contributed by atoms with Crippen molar-refractivity contribution < 1.29 is 9.90 Å². The van der Waals surface area contributed by atoms with Crippen molar-refractivity contribution in [3.8, 4) is 11.3 Å². The fourth-order valence-corrected chi connectivity index (χ4v) is 3.22. The van der Waals surface area contributed by atoms with Crippen LogP contribution in [0.25, 0.3) is 11.3 Å². The first kappa shape index (κ1) is 15.2. The van der Waals surface area contributed by atoms with E-state index >= 15 is 0 Å². The smallest absolute Gasteiger partial charge is 0.310 e. The highest BCUT2D eigenvalue weighted by Gasteiger charge is 2.40. The van der Waals surface area contributed by atoms with Crippen LogP contribution in [-0.4, -0.2) is 39.0 Å². The van der Waals surface area contributed by atoms with Crippen LogP contribution in [0.15, 0.2) is 34.9 Å². The Hall–Kier alpha value is -1.66. The van der Waals surface area contributed by atoms with Gasteiger partial charge in [0, 0.05) is 16.6 Å². The molecule has 1 aliphatic heterocycles. The van der Waals surface area contributed by atoms with Gasteiger partial charge in [0.2, 0.25) is 0 Å². The van der Waals surface area contributed by atoms with Crippen LogP contribution >= 0.6 is 15.9 Å². The summed E-state index contributed by atoms with van der Waals surface area (Å²) in [6, 6.07) is 8.03. The minimum atomic E-state index is -0.718. The van der Waals surface area contributed by atoms with Crippen LogP contribution in [0.5, 0.6) is 0 Å². The van der Waals surface area contributed by atoms with Gasteiger partial charge >= 0.3 is 5.97 Å². The molecule has 1 fully saturated rings. The number of halogens is 1. The van der Waals surface area contributed by atoms with Gasteiger partial charge in [-0.05, 0) is 32.0 Å². The first-order valence-electron chi connectivity index (χ1n) is 7.22. The third kappa shape index (κ3) is 3.08. The fraction of sp³-hybridized carbons (Fsp3) is 0.375. The summed E-state index contributed by atoms with van der Waals surface area (Å²) in [4.78, 5) is 21.2. The van der Waals surface area contributed by atoms with Crippen molar-refractivity contribution in [2.45, 2.75) is 19.9 Å². The number of nitrogens with zero attached hydrogens (tertiary/aromatic N) is 2. The average molecular weight is 364 g/mol. The Morgan fingerprint density at radius 2 is 2.36 bits per heavy atom. The molecule has 0 aliphatic carbocycles. The van der Waals surface area contributed by atoms with Crippen molar-refractivity contribution in [1.29, 1.82) is 0 Å². The van der Waals surface area contributed by atoms with E-state index in [2.05, 4.69) is 30.8 Å². The molecule has 2 aromatic rings. The maximum absolute atomic E-state index is 11.3. The number of rotatable bonds is 4. The number of benzene rings is 1. The number of hydrogen-bond acceptors (Lipinski definition) is 3. The summed E-state index contributed by atoms with van der Waals surface area (Å²) >= 11 is 3.47. The summed E-state index contributed by atoms with van der Waals surface area (Å²) in [6.45, 7) is 3.81. The van der Waals surface area contributed by atoms with Gasteiger partial charge in [0.25, 0.3) is 0 Å². The predicted molar refractivity (Wildman–Crippen MR) is 87.4 cm³/mol. The second-order valence-corrected chi connectivity index (χ2v) is 7.00. The lowest BCUT2D eigenvalue weighted by Crippen LogP contribution is -2.31. The van der Waals surface area contributed by atoms with Gasteiger partial charge < -0.3 is 10.1 Å². The SMILES string of the molecule is CC1(C(=O)O)CCN(Cc2ncc(-c3cccc(Br)c3)[nH]2)C1. The normalized spacial score (nSPS) is 22.1. The van der Waals surface area contributed by atoms with Crippen LogP contribution in [0.3, 0.4) is 0 Å². The minimum Gasteiger partial charge on any atom is -0.481 e. The van der Waals surface area contributed by atoms with Crippen molar-refractivity contribution in [3.63, 3.8) is 0 Å². The van der Waals surface area contributed by atoms with Crippen LogP contribution in [0.2, 0.25) is 0 Å². The molecule has 1 aromatic heterocycles. The van der Waals surface area contributed by atoms with Crippen LogP contribution < -0.4 is 0 Å². The van der Waals surface area contributed by atoms with Crippen molar-refractivity contribution in [1.82, 2.24) is 14.9 Å². The van der Waals surface area contributed by atoms with E-state index in [-0.39, 0.29) is 0 Å². The van der Waals surface area contributed by atoms with E-state index in [0.717, 1.165) is 28.1 Å². The second kappa shape index (κ2) is 5.85. The number of carboxylic acid groups (broad SMARTS) is 1. The van der Waals surface area contributed by atoms with E-state index < -0.39 is 11.4 Å². The Kier molecular flexibility index (Phi) is 4.06. The third-order valence-corrected chi connectivity index (χ3v) is 4.70. The molecule has 116 valence electrons. The summed E-state index contributed by atoms with van der Waals surface area (Å²) in [5.41, 5.74) is 1.40. The molecule has 5 nitrogen and oxygen atoms in total. The average Bonchev–Trinajstić information content (AvgIpc) is 3.07. The lowest BCUT2D eigenvalue weighted by molar-refractivity contribution is -0.147. The molecule has 6 heteroatoms. The summed E-state index contributed by atoms with van der Waals surface area (Å²) in [7, 11) is 0. The van der Waals surface area contributed by atoms with Gasteiger partial charge in [-0.2, -0.15) is 0 Å². The van der Waals surface area contributed by atoms with E-state index in [4.69, 9.17) is 0 Å². The van der Waals surface area contributed by atoms with E-state index in [1.54, 1.807) is 0 Å². The van der Waals surface area contributed by atoms with Crippen LogP contribution in [0.1, 0.15) is 19.2 Å². The molecule has 1 aromatic carbocycles. The predicted octanol–water partition coefficient (Wildman–Crippen LogP) is 3.14. The van der Waals surface area contributed by atoms with Gasteiger partial charge in [0.05, 0.1) is 23.9 Å². The number of H-pyrrole nitrogens is 1. The molecular formula is C16H18BrN3O2. The van der Waals surface area contributed by atoms with Crippen LogP contribution in [0.4, 0.5) is 0 Å². The van der Waals surface area contributed by atoms with Crippen molar-refractivity contribution in [2.24, 2.45) is 5.41 Å². The standard InChI is InChI=1S/C16H18BrN3O2/c1-16(15(21)22)5-6-20(10-16)9-14-18-8-13(19-14)11-3-2-4-12(17)7-11/h2-4,7-8H,5-6,9-10H2,1H3,(H,18,19)(H,21,22). The molecule has 0 spiro atoms. The molecule has 0 bridgehead atoms. The molecule has 2 N–H and O–H groups in total. The number of imidazole rings is 1. The van der Waals surface area contributed by atoms with E-state index in [9.17, 15) is 9.90 Å². The second-order valence-electron chi connectivity index (χ2n) is 6.08. The first-order chi connectivity index (χ1) is 10.5. The number of aromatic nitrogens is 2. The summed E-state index contributed by atoms with van der Waals surface area (Å²) in [5.74, 6) is 0.147. The van der Waals surface area contributed by atoms with Crippen molar-refractivity contribution in [2.75, 3.05) is 13.1 Å². The fourth-order valence-electron chi connectivity index (χ4n) is 2.82. The van der Waals surface area contributed by atoms with E-state index in [1.165, 1.54) is 0 Å². The van der Waals surface area contributed by atoms with Gasteiger partial charge in [-0.3, -0.25) is 9.69 Å². The Bertz CT molecular complexity index is 700. The highest BCUT2D eigenvalue weighted by atomic mass is 79.9. The largest absolute Gasteiger partial charge is 0.481 e. The topological polar surface area (TPSA) is 69.2 Å². The molecule has 1 unspecified atom stereocenters. The van der Waals surface area contributed by atoms with Crippen molar-refractivity contribution >= 4 is 21.9 Å². The molecule has 2 heterocycles. The Morgan fingerprint density at radius 3 is 3.05 bits per heavy atom. The zero-order valence-corrected chi connectivity index (χ0v) is 13.9. The summed E-state index contributed by atoms with van der Waals surface area (Å²) < 4.78 is 1.03. The Labute approximate surface area is 137 Å². The van der Waals surface area contributed by atoms with Crippen LogP contribution in [0, 0.1) is 5.41 Å². The maximum atomic E-state index is 11.3. The lowest BCUT2D eigenvalue weighted by atomic mass is 9.90. The minimum absolute atomic E-state index is 0.565. The summed E-state index contributed by atoms with van der Waals surface area (Å²) in [6.07, 6.45) is 2.51. The van der Waals surface area contributed by atoms with Crippen molar-refractivity contribution in [3.05, 3.63) is 40.8 Å². The monoisotopic (exact) mass is 363 g/mol. The zero-order chi connectivity index (χ0) is 15.7. The quantitative estimate of drug-likeness (QED) is 0.875. The highest BCUT2D eigenvalue weighted by molar-refractivity contribution is 9.10. The van der Waals surface area contributed by atoms with Gasteiger partial charge in [-0.15, -0.1) is 0 Å². The molecule has 1 atom stereocenters. The molecule has 22 heavy (non-hydrogen) atoms. The number of aromatic amines is 1. The van der Waals surface area contributed by atoms with Crippen LogP contribution in [-0.2, 0) is 11.3 Å². The number of likely N-dealkylation sites (tertiary alicyclic amines) is 1. The van der Waals surface area contributed by atoms with Gasteiger partial charge in [-0.25, -0.2) is 4.98 Å². The molecule has 0 saturated carbocycles. The third-order valence-electron chi connectivity index (χ3n) is 4.21. The van der Waals surface area contributed by atoms with E-state index in [1.807, 2.05) is 37.4 Å². The van der Waals surface area contributed by atoms with Gasteiger partial charge in [-0.1, -0.05) is 28.1 Å². The molecular weight excluding hydrogens is 346 g/mol. The number of nitrogens with one attached hydrogen (secondary N) is 1. The maximum Gasteiger partial charge on any atom is 0.310 e. The Balaban J connectivity index is 1.69.